The molecule has 1 aromatic rings. The van der Waals surface area contributed by atoms with Gasteiger partial charge in [0.15, 0.2) is 0 Å². The van der Waals surface area contributed by atoms with Gasteiger partial charge in [-0.15, -0.1) is 0 Å². The van der Waals surface area contributed by atoms with Gasteiger partial charge in [-0.05, 0) is 12.1 Å². The van der Waals surface area contributed by atoms with Crippen LogP contribution in [-0.2, 0) is 10.0 Å². The topological polar surface area (TPSA) is 114 Å². The molecule has 1 heterocycles. The van der Waals surface area contributed by atoms with E-state index in [9.17, 15) is 13.2 Å². The van der Waals surface area contributed by atoms with E-state index in [2.05, 4.69) is 15.6 Å². The molecule has 0 spiro atoms. The van der Waals surface area contributed by atoms with Crippen LogP contribution in [0.3, 0.4) is 0 Å². The monoisotopic (exact) mass is 258 g/mol. The Labute approximate surface area is 99.5 Å². The number of amides is 1. The third-order valence-electron chi connectivity index (χ3n) is 1.95. The van der Waals surface area contributed by atoms with Gasteiger partial charge >= 0.3 is 0 Å². The molecule has 0 saturated heterocycles. The highest BCUT2D eigenvalue weighted by atomic mass is 32.2. The summed E-state index contributed by atoms with van der Waals surface area (Å²) in [6.07, 6.45) is 1.49. The fourth-order valence-corrected chi connectivity index (χ4v) is 1.50. The Morgan fingerprint density at radius 2 is 2.24 bits per heavy atom. The molecule has 1 amide bonds. The molecule has 1 aromatic heterocycles. The number of primary sulfonamides is 1. The predicted octanol–water partition coefficient (Wildman–Crippen LogP) is -0.858. The largest absolute Gasteiger partial charge is 0.373 e. The third kappa shape index (κ3) is 4.79. The van der Waals surface area contributed by atoms with Crippen molar-refractivity contribution in [2.24, 2.45) is 5.14 Å². The van der Waals surface area contributed by atoms with Crippen molar-refractivity contribution in [1.29, 1.82) is 0 Å². The van der Waals surface area contributed by atoms with Crippen LogP contribution in [0.4, 0.5) is 5.82 Å². The second-order valence-corrected chi connectivity index (χ2v) is 5.04. The number of rotatable bonds is 5. The lowest BCUT2D eigenvalue weighted by atomic mass is 10.2. The zero-order valence-electron chi connectivity index (χ0n) is 9.30. The standard InChI is InChI=1S/C9H14N4O3S/c1-11-8-6-7(2-3-12-8)9(14)13-4-5-17(10,15)16/h2-3,6H,4-5H2,1H3,(H,11,12)(H,13,14)(H2,10,15,16). The Bertz CT molecular complexity index is 501. The average Bonchev–Trinajstić information content (AvgIpc) is 2.27. The maximum absolute atomic E-state index is 11.6. The molecule has 0 aliphatic heterocycles. The van der Waals surface area contributed by atoms with Gasteiger partial charge in [-0.2, -0.15) is 0 Å². The van der Waals surface area contributed by atoms with Crippen LogP contribution in [-0.4, -0.2) is 38.7 Å². The van der Waals surface area contributed by atoms with Crippen molar-refractivity contribution in [2.45, 2.75) is 0 Å². The number of aromatic nitrogens is 1. The number of pyridine rings is 1. The van der Waals surface area contributed by atoms with Crippen LogP contribution in [0.1, 0.15) is 10.4 Å². The minimum Gasteiger partial charge on any atom is -0.373 e. The summed E-state index contributed by atoms with van der Waals surface area (Å²) in [5.74, 6) is -0.0976. The SMILES string of the molecule is CNc1cc(C(=O)NCCS(N)(=O)=O)ccn1. The first-order valence-electron chi connectivity index (χ1n) is 4.85. The maximum Gasteiger partial charge on any atom is 0.251 e. The van der Waals surface area contributed by atoms with Crippen molar-refractivity contribution < 1.29 is 13.2 Å². The number of hydrogen-bond donors (Lipinski definition) is 3. The van der Waals surface area contributed by atoms with E-state index in [-0.39, 0.29) is 18.2 Å². The molecule has 0 fully saturated rings. The van der Waals surface area contributed by atoms with Gasteiger partial charge in [0.25, 0.3) is 5.91 Å². The van der Waals surface area contributed by atoms with Gasteiger partial charge in [-0.25, -0.2) is 18.5 Å². The van der Waals surface area contributed by atoms with Crippen LogP contribution in [0, 0.1) is 0 Å². The third-order valence-corrected chi connectivity index (χ3v) is 2.72. The molecule has 94 valence electrons. The minimum absolute atomic E-state index is 0.0190. The van der Waals surface area contributed by atoms with Crippen LogP contribution in [0.25, 0.3) is 0 Å². The van der Waals surface area contributed by atoms with Crippen LogP contribution in [0.5, 0.6) is 0 Å². The Kier molecular flexibility index (Phi) is 4.41. The molecule has 1 rings (SSSR count). The number of carbonyl (C=O) groups excluding carboxylic acids is 1. The van der Waals surface area contributed by atoms with E-state index >= 15 is 0 Å². The fraction of sp³-hybridized carbons (Fsp3) is 0.333. The normalized spacial score (nSPS) is 10.9. The number of nitrogens with zero attached hydrogens (tertiary/aromatic N) is 1. The van der Waals surface area contributed by atoms with E-state index < -0.39 is 10.0 Å². The van der Waals surface area contributed by atoms with Gasteiger partial charge in [0.05, 0.1) is 5.75 Å². The second-order valence-electron chi connectivity index (χ2n) is 3.30. The molecule has 0 bridgehead atoms. The predicted molar refractivity (Wildman–Crippen MR) is 64.1 cm³/mol. The van der Waals surface area contributed by atoms with E-state index in [1.54, 1.807) is 13.1 Å². The summed E-state index contributed by atoms with van der Waals surface area (Å²) < 4.78 is 21.3. The Morgan fingerprint density at radius 3 is 2.82 bits per heavy atom. The van der Waals surface area contributed by atoms with Crippen molar-refractivity contribution in [1.82, 2.24) is 10.3 Å². The maximum atomic E-state index is 11.6. The second kappa shape index (κ2) is 5.60. The molecule has 7 nitrogen and oxygen atoms in total. The number of hydrogen-bond acceptors (Lipinski definition) is 5. The van der Waals surface area contributed by atoms with Crippen LogP contribution in [0.2, 0.25) is 0 Å². The molecule has 0 aromatic carbocycles. The molecule has 0 atom stereocenters. The average molecular weight is 258 g/mol. The van der Waals surface area contributed by atoms with E-state index in [1.807, 2.05) is 0 Å². The van der Waals surface area contributed by atoms with Gasteiger partial charge in [0, 0.05) is 25.4 Å². The molecule has 8 heteroatoms. The lowest BCUT2D eigenvalue weighted by molar-refractivity contribution is 0.0956. The fourth-order valence-electron chi connectivity index (χ4n) is 1.12. The summed E-state index contributed by atoms with van der Waals surface area (Å²) in [5, 5.41) is 10.1. The molecule has 0 unspecified atom stereocenters. The summed E-state index contributed by atoms with van der Waals surface area (Å²) >= 11 is 0. The van der Waals surface area contributed by atoms with E-state index in [0.29, 0.717) is 11.4 Å². The highest BCUT2D eigenvalue weighted by Gasteiger charge is 2.08. The Hall–Kier alpha value is -1.67. The molecule has 4 N–H and O–H groups in total. The van der Waals surface area contributed by atoms with Crippen LogP contribution < -0.4 is 15.8 Å². The molecule has 17 heavy (non-hydrogen) atoms. The van der Waals surface area contributed by atoms with Crippen LogP contribution in [0.15, 0.2) is 18.3 Å². The number of nitrogens with two attached hydrogens (primary N) is 1. The lowest BCUT2D eigenvalue weighted by Crippen LogP contribution is -2.31. The van der Waals surface area contributed by atoms with Gasteiger partial charge in [0.1, 0.15) is 5.82 Å². The summed E-state index contributed by atoms with van der Waals surface area (Å²) in [5.41, 5.74) is 0.402. The summed E-state index contributed by atoms with van der Waals surface area (Å²) in [4.78, 5) is 15.5. The summed E-state index contributed by atoms with van der Waals surface area (Å²) in [7, 11) is -1.87. The first-order chi connectivity index (χ1) is 7.92. The Morgan fingerprint density at radius 1 is 1.53 bits per heavy atom. The lowest BCUT2D eigenvalue weighted by Gasteiger charge is -2.05. The smallest absolute Gasteiger partial charge is 0.251 e. The molecular weight excluding hydrogens is 244 g/mol. The van der Waals surface area contributed by atoms with Crippen molar-refractivity contribution in [3.63, 3.8) is 0 Å². The molecule has 0 radical (unpaired) electrons. The van der Waals surface area contributed by atoms with Crippen molar-refractivity contribution >= 4 is 21.7 Å². The minimum atomic E-state index is -3.55. The van der Waals surface area contributed by atoms with E-state index in [4.69, 9.17) is 5.14 Å². The molecular formula is C9H14N4O3S. The van der Waals surface area contributed by atoms with Gasteiger partial charge in [0.2, 0.25) is 10.0 Å². The zero-order valence-corrected chi connectivity index (χ0v) is 10.1. The summed E-state index contributed by atoms with van der Waals surface area (Å²) in [6.45, 7) is -0.0190. The number of anilines is 1. The molecule has 0 saturated carbocycles. The van der Waals surface area contributed by atoms with E-state index in [1.165, 1.54) is 12.3 Å². The van der Waals surface area contributed by atoms with Crippen molar-refractivity contribution in [3.05, 3.63) is 23.9 Å². The van der Waals surface area contributed by atoms with Gasteiger partial charge in [-0.1, -0.05) is 0 Å². The first-order valence-corrected chi connectivity index (χ1v) is 6.56. The van der Waals surface area contributed by atoms with Gasteiger partial charge in [-0.3, -0.25) is 4.79 Å². The number of carbonyl (C=O) groups is 1. The van der Waals surface area contributed by atoms with Crippen molar-refractivity contribution in [3.8, 4) is 0 Å². The summed E-state index contributed by atoms with van der Waals surface area (Å²) in [6, 6.07) is 3.10. The highest BCUT2D eigenvalue weighted by molar-refractivity contribution is 7.89. The molecule has 0 aliphatic carbocycles. The number of nitrogens with one attached hydrogen (secondary N) is 2. The van der Waals surface area contributed by atoms with Crippen LogP contribution >= 0.6 is 0 Å². The zero-order chi connectivity index (χ0) is 12.9. The molecule has 0 aliphatic rings. The Balaban J connectivity index is 2.58. The van der Waals surface area contributed by atoms with Gasteiger partial charge < -0.3 is 10.6 Å². The first kappa shape index (κ1) is 13.4. The highest BCUT2D eigenvalue weighted by Crippen LogP contribution is 2.05. The quantitative estimate of drug-likeness (QED) is 0.636. The van der Waals surface area contributed by atoms with E-state index in [0.717, 1.165) is 0 Å². The number of sulfonamides is 1. The van der Waals surface area contributed by atoms with Crippen molar-refractivity contribution in [2.75, 3.05) is 24.7 Å².